The van der Waals surface area contributed by atoms with Gasteiger partial charge in [0.1, 0.15) is 0 Å². The summed E-state index contributed by atoms with van der Waals surface area (Å²) in [7, 11) is 0. The Bertz CT molecular complexity index is 440. The SMILES string of the molecule is CCc1cc(CC(C)(CNC(C)(C)C)C(C)C)n(CC)n1. The van der Waals surface area contributed by atoms with Crippen molar-refractivity contribution in [3.63, 3.8) is 0 Å². The predicted octanol–water partition coefficient (Wildman–Crippen LogP) is 4.06. The quantitative estimate of drug-likeness (QED) is 0.821. The second kappa shape index (κ2) is 6.95. The van der Waals surface area contributed by atoms with Gasteiger partial charge in [-0.15, -0.1) is 0 Å². The van der Waals surface area contributed by atoms with Crippen LogP contribution < -0.4 is 5.32 Å². The molecule has 122 valence electrons. The molecule has 1 N–H and O–H groups in total. The third-order valence-corrected chi connectivity index (χ3v) is 4.58. The van der Waals surface area contributed by atoms with Gasteiger partial charge >= 0.3 is 0 Å². The molecule has 0 aliphatic heterocycles. The Morgan fingerprint density at radius 3 is 2.24 bits per heavy atom. The fraction of sp³-hybridized carbons (Fsp3) is 0.833. The van der Waals surface area contributed by atoms with Crippen molar-refractivity contribution in [3.05, 3.63) is 17.5 Å². The molecule has 1 aromatic heterocycles. The van der Waals surface area contributed by atoms with E-state index in [9.17, 15) is 0 Å². The molecular weight excluding hydrogens is 258 g/mol. The van der Waals surface area contributed by atoms with E-state index in [0.29, 0.717) is 5.92 Å². The van der Waals surface area contributed by atoms with E-state index in [0.717, 1.165) is 25.9 Å². The smallest absolute Gasteiger partial charge is 0.0624 e. The fourth-order valence-electron chi connectivity index (χ4n) is 2.46. The Morgan fingerprint density at radius 1 is 1.19 bits per heavy atom. The van der Waals surface area contributed by atoms with Gasteiger partial charge in [-0.3, -0.25) is 4.68 Å². The molecule has 0 radical (unpaired) electrons. The highest BCUT2D eigenvalue weighted by atomic mass is 15.3. The summed E-state index contributed by atoms with van der Waals surface area (Å²) in [5.74, 6) is 0.623. The Balaban J connectivity index is 2.94. The molecule has 0 fully saturated rings. The molecule has 0 saturated heterocycles. The lowest BCUT2D eigenvalue weighted by Gasteiger charge is -2.37. The van der Waals surface area contributed by atoms with Gasteiger partial charge in [0.15, 0.2) is 0 Å². The van der Waals surface area contributed by atoms with Crippen LogP contribution in [0, 0.1) is 11.3 Å². The molecule has 0 aliphatic rings. The Morgan fingerprint density at radius 2 is 1.81 bits per heavy atom. The van der Waals surface area contributed by atoms with E-state index < -0.39 is 0 Å². The van der Waals surface area contributed by atoms with Crippen LogP contribution in [-0.2, 0) is 19.4 Å². The molecule has 0 spiro atoms. The zero-order valence-corrected chi connectivity index (χ0v) is 15.4. The van der Waals surface area contributed by atoms with Crippen LogP contribution in [0.15, 0.2) is 6.07 Å². The van der Waals surface area contributed by atoms with Crippen LogP contribution in [0.1, 0.15) is 66.8 Å². The molecular formula is C18H35N3. The van der Waals surface area contributed by atoms with Gasteiger partial charge in [0.05, 0.1) is 5.69 Å². The molecule has 1 heterocycles. The average molecular weight is 293 g/mol. The predicted molar refractivity (Wildman–Crippen MR) is 91.7 cm³/mol. The van der Waals surface area contributed by atoms with Crippen LogP contribution in [0.5, 0.6) is 0 Å². The van der Waals surface area contributed by atoms with Crippen molar-refractivity contribution in [2.24, 2.45) is 11.3 Å². The molecule has 0 aliphatic carbocycles. The van der Waals surface area contributed by atoms with Crippen molar-refractivity contribution in [1.82, 2.24) is 15.1 Å². The largest absolute Gasteiger partial charge is 0.312 e. The molecule has 3 heteroatoms. The molecule has 21 heavy (non-hydrogen) atoms. The fourth-order valence-corrected chi connectivity index (χ4v) is 2.46. The third kappa shape index (κ3) is 5.14. The summed E-state index contributed by atoms with van der Waals surface area (Å²) in [6.07, 6.45) is 2.09. The van der Waals surface area contributed by atoms with Crippen LogP contribution >= 0.6 is 0 Å². The van der Waals surface area contributed by atoms with E-state index in [1.165, 1.54) is 11.4 Å². The number of aryl methyl sites for hydroxylation is 2. The topological polar surface area (TPSA) is 29.9 Å². The van der Waals surface area contributed by atoms with E-state index in [2.05, 4.69) is 71.5 Å². The summed E-state index contributed by atoms with van der Waals surface area (Å²) in [6, 6.07) is 2.29. The summed E-state index contributed by atoms with van der Waals surface area (Å²) in [4.78, 5) is 0. The van der Waals surface area contributed by atoms with Gasteiger partial charge in [0.25, 0.3) is 0 Å². The molecule has 3 nitrogen and oxygen atoms in total. The first kappa shape index (κ1) is 18.2. The minimum absolute atomic E-state index is 0.162. The first-order valence-corrected chi connectivity index (χ1v) is 8.42. The normalized spacial score (nSPS) is 15.5. The zero-order valence-electron chi connectivity index (χ0n) is 15.4. The second-order valence-corrected chi connectivity index (χ2v) is 7.89. The molecule has 0 saturated carbocycles. The van der Waals surface area contributed by atoms with Gasteiger partial charge < -0.3 is 5.32 Å². The van der Waals surface area contributed by atoms with Crippen molar-refractivity contribution in [2.75, 3.05) is 6.54 Å². The number of aromatic nitrogens is 2. The lowest BCUT2D eigenvalue weighted by Crippen LogP contribution is -2.46. The summed E-state index contributed by atoms with van der Waals surface area (Å²) in [5, 5.41) is 8.39. The van der Waals surface area contributed by atoms with Crippen molar-refractivity contribution in [2.45, 2.75) is 80.3 Å². The molecule has 1 aromatic rings. The van der Waals surface area contributed by atoms with Crippen molar-refractivity contribution < 1.29 is 0 Å². The van der Waals surface area contributed by atoms with Crippen LogP contribution in [0.3, 0.4) is 0 Å². The standard InChI is InChI=1S/C18H35N3/c1-9-15-11-16(21(10-2)20-15)12-18(8,14(3)4)13-19-17(5,6)7/h11,14,19H,9-10,12-13H2,1-8H3. The van der Waals surface area contributed by atoms with Crippen LogP contribution in [0.2, 0.25) is 0 Å². The van der Waals surface area contributed by atoms with Crippen LogP contribution in [-0.4, -0.2) is 21.9 Å². The minimum atomic E-state index is 0.162. The number of hydrogen-bond acceptors (Lipinski definition) is 2. The monoisotopic (exact) mass is 293 g/mol. The van der Waals surface area contributed by atoms with E-state index in [4.69, 9.17) is 5.10 Å². The maximum Gasteiger partial charge on any atom is 0.0624 e. The number of hydrogen-bond donors (Lipinski definition) is 1. The third-order valence-electron chi connectivity index (χ3n) is 4.58. The molecule has 0 aromatic carbocycles. The maximum absolute atomic E-state index is 4.70. The highest BCUT2D eigenvalue weighted by Gasteiger charge is 2.31. The molecule has 1 unspecified atom stereocenters. The van der Waals surface area contributed by atoms with Crippen LogP contribution in [0.25, 0.3) is 0 Å². The summed E-state index contributed by atoms with van der Waals surface area (Å²) in [5.41, 5.74) is 2.99. The molecule has 0 amide bonds. The van der Waals surface area contributed by atoms with E-state index in [1.807, 2.05) is 0 Å². The minimum Gasteiger partial charge on any atom is -0.312 e. The van der Waals surface area contributed by atoms with Crippen molar-refractivity contribution >= 4 is 0 Å². The average Bonchev–Trinajstić information content (AvgIpc) is 2.77. The van der Waals surface area contributed by atoms with Crippen molar-refractivity contribution in [1.29, 1.82) is 0 Å². The Labute approximate surface area is 131 Å². The van der Waals surface area contributed by atoms with Gasteiger partial charge in [-0.05, 0) is 57.9 Å². The summed E-state index contributed by atoms with van der Waals surface area (Å²) >= 11 is 0. The van der Waals surface area contributed by atoms with E-state index >= 15 is 0 Å². The van der Waals surface area contributed by atoms with Gasteiger partial charge in [-0.2, -0.15) is 5.10 Å². The molecule has 1 atom stereocenters. The van der Waals surface area contributed by atoms with Gasteiger partial charge in [-0.1, -0.05) is 27.7 Å². The first-order valence-electron chi connectivity index (χ1n) is 8.42. The number of nitrogens with one attached hydrogen (secondary N) is 1. The van der Waals surface area contributed by atoms with Gasteiger partial charge in [0, 0.05) is 24.3 Å². The highest BCUT2D eigenvalue weighted by Crippen LogP contribution is 2.31. The Kier molecular flexibility index (Phi) is 6.03. The lowest BCUT2D eigenvalue weighted by molar-refractivity contribution is 0.184. The second-order valence-electron chi connectivity index (χ2n) is 7.89. The lowest BCUT2D eigenvalue weighted by atomic mass is 9.75. The number of nitrogens with zero attached hydrogens (tertiary/aromatic N) is 2. The first-order chi connectivity index (χ1) is 9.61. The molecule has 0 bridgehead atoms. The Hall–Kier alpha value is -0.830. The van der Waals surface area contributed by atoms with Gasteiger partial charge in [0.2, 0.25) is 0 Å². The van der Waals surface area contributed by atoms with Crippen LogP contribution in [0.4, 0.5) is 0 Å². The van der Waals surface area contributed by atoms with Crippen molar-refractivity contribution in [3.8, 4) is 0 Å². The summed E-state index contributed by atoms with van der Waals surface area (Å²) in [6.45, 7) is 20.1. The molecule has 1 rings (SSSR count). The number of rotatable bonds is 7. The van der Waals surface area contributed by atoms with Gasteiger partial charge in [-0.25, -0.2) is 0 Å². The zero-order chi connectivity index (χ0) is 16.3. The summed E-state index contributed by atoms with van der Waals surface area (Å²) < 4.78 is 2.18. The van der Waals surface area contributed by atoms with E-state index in [-0.39, 0.29) is 11.0 Å². The maximum atomic E-state index is 4.70. The highest BCUT2D eigenvalue weighted by molar-refractivity contribution is 5.13. The van der Waals surface area contributed by atoms with E-state index in [1.54, 1.807) is 0 Å².